The zero-order valence-electron chi connectivity index (χ0n) is 34.1. The van der Waals surface area contributed by atoms with Crippen molar-refractivity contribution in [3.05, 3.63) is 71.0 Å². The normalized spacial score (nSPS) is 19.2. The predicted octanol–water partition coefficient (Wildman–Crippen LogP) is 8.14. The molecule has 53 heavy (non-hydrogen) atoms. The van der Waals surface area contributed by atoms with Gasteiger partial charge < -0.3 is 20.7 Å². The van der Waals surface area contributed by atoms with Crippen LogP contribution in [0.15, 0.2) is 70.0 Å². The van der Waals surface area contributed by atoms with Gasteiger partial charge in [0, 0.05) is 24.2 Å². The molecule has 0 radical (unpaired) electrons. The van der Waals surface area contributed by atoms with Crippen molar-refractivity contribution in [1.29, 1.82) is 0 Å². The average Bonchev–Trinajstić information content (AvgIpc) is 3.34. The lowest BCUT2D eigenvalue weighted by atomic mass is 9.71. The molecule has 0 bridgehead atoms. The number of unbranched alkanes of at least 4 members (excludes halogenated alkanes) is 1. The summed E-state index contributed by atoms with van der Waals surface area (Å²) < 4.78 is 6.25. The summed E-state index contributed by atoms with van der Waals surface area (Å²) in [7, 11) is 1.72. The third kappa shape index (κ3) is 14.1. The van der Waals surface area contributed by atoms with Gasteiger partial charge in [0.15, 0.2) is 0 Å². The van der Waals surface area contributed by atoms with Crippen LogP contribution in [0, 0.1) is 22.7 Å². The van der Waals surface area contributed by atoms with Gasteiger partial charge >= 0.3 is 0 Å². The fraction of sp³-hybridized carbons (Fsp3) is 0.628. The molecule has 6 N–H and O–H groups in total. The lowest BCUT2D eigenvalue weighted by Gasteiger charge is -2.45. The van der Waals surface area contributed by atoms with Gasteiger partial charge in [-0.1, -0.05) is 86.1 Å². The molecule has 2 amide bonds. The maximum atomic E-state index is 15.2. The number of nitrogens with zero attached hydrogens (tertiary/aromatic N) is 3. The average molecular weight is 732 g/mol. The van der Waals surface area contributed by atoms with Gasteiger partial charge in [0.1, 0.15) is 17.3 Å². The molecule has 1 aromatic carbocycles. The van der Waals surface area contributed by atoms with Crippen LogP contribution >= 0.6 is 0 Å². The quantitative estimate of drug-likeness (QED) is 0.0418. The number of amides is 2. The van der Waals surface area contributed by atoms with Crippen LogP contribution in [0.3, 0.4) is 0 Å². The fourth-order valence-corrected chi connectivity index (χ4v) is 7.27. The minimum atomic E-state index is -0.273. The molecule has 0 spiro atoms. The standard InChI is InChI=1S/C43H69N7O3/c1-30(2)14-12-13-27-53-36-16-11-10-15-33(28-36)39(46-9)41(52)50(35-23-21-34(22-24-35)43(6,7)8)37(25-26-42(3,4)5)31-17-19-32(20-18-31)40(51)47-29-38(44)48-49-45/h10,15-20,28,30,34-35,37,49H,11-14,21-27,29,45H2,1-9H3,(H2,44,48)(H,47,51). The van der Waals surface area contributed by atoms with E-state index in [2.05, 4.69) is 88.4 Å². The van der Waals surface area contributed by atoms with Crippen molar-refractivity contribution in [2.75, 3.05) is 20.2 Å². The molecule has 3 rings (SSSR count). The van der Waals surface area contributed by atoms with Crippen LogP contribution in [-0.2, 0) is 9.53 Å². The number of hydrazine groups is 1. The number of nitrogens with two attached hydrogens (primary N) is 2. The van der Waals surface area contributed by atoms with Crippen molar-refractivity contribution < 1.29 is 14.3 Å². The molecule has 1 saturated carbocycles. The summed E-state index contributed by atoms with van der Waals surface area (Å²) in [5.41, 5.74) is 10.9. The number of hydrogen-bond acceptors (Lipinski definition) is 7. The molecular weight excluding hydrogens is 663 g/mol. The number of hydrazone groups is 1. The summed E-state index contributed by atoms with van der Waals surface area (Å²) in [6, 6.07) is 7.46. The SMILES string of the molecule is CN=C(C(=O)N(C1CCC(C(C)(C)C)CC1)C(CCC(C)(C)C)c1ccc(C(=O)NC/C(N)=N/NN)cc1)C1=CC(OCCCCC(C)C)=CCC=C1. The Morgan fingerprint density at radius 1 is 1.00 bits per heavy atom. The van der Waals surface area contributed by atoms with Crippen LogP contribution in [0.4, 0.5) is 0 Å². The van der Waals surface area contributed by atoms with E-state index in [1.165, 1.54) is 6.42 Å². The number of carbonyl (C=O) groups is 2. The maximum absolute atomic E-state index is 15.2. The first-order chi connectivity index (χ1) is 25.0. The molecular formula is C43H69N7O3. The lowest BCUT2D eigenvalue weighted by molar-refractivity contribution is -0.130. The molecule has 1 unspecified atom stereocenters. The van der Waals surface area contributed by atoms with Gasteiger partial charge in [0.25, 0.3) is 11.8 Å². The molecule has 2 aliphatic carbocycles. The van der Waals surface area contributed by atoms with E-state index >= 15 is 4.79 Å². The predicted molar refractivity (Wildman–Crippen MR) is 219 cm³/mol. The highest BCUT2D eigenvalue weighted by Gasteiger charge is 2.39. The molecule has 0 saturated heterocycles. The molecule has 1 atom stereocenters. The van der Waals surface area contributed by atoms with Crippen LogP contribution in [0.2, 0.25) is 0 Å². The van der Waals surface area contributed by atoms with Crippen LogP contribution < -0.4 is 22.4 Å². The van der Waals surface area contributed by atoms with Gasteiger partial charge in [-0.05, 0) is 110 Å². The third-order valence-corrected chi connectivity index (χ3v) is 10.4. The van der Waals surface area contributed by atoms with E-state index < -0.39 is 0 Å². The molecule has 2 aliphatic rings. The Bertz CT molecular complexity index is 1480. The number of ether oxygens (including phenoxy) is 1. The molecule has 10 heteroatoms. The van der Waals surface area contributed by atoms with Gasteiger partial charge in [0.2, 0.25) is 0 Å². The summed E-state index contributed by atoms with van der Waals surface area (Å²) in [4.78, 5) is 35.0. The maximum Gasteiger partial charge on any atom is 0.273 e. The Morgan fingerprint density at radius 3 is 2.26 bits per heavy atom. The molecule has 1 aromatic rings. The number of carbonyl (C=O) groups excluding carboxylic acids is 2. The summed E-state index contributed by atoms with van der Waals surface area (Å²) in [5.74, 6) is 7.09. The minimum absolute atomic E-state index is 0.0480. The molecule has 0 heterocycles. The van der Waals surface area contributed by atoms with Crippen molar-refractivity contribution >= 4 is 23.4 Å². The minimum Gasteiger partial charge on any atom is -0.494 e. The number of nitrogens with one attached hydrogen (secondary N) is 2. The van der Waals surface area contributed by atoms with Crippen LogP contribution in [-0.4, -0.2) is 54.5 Å². The van der Waals surface area contributed by atoms with Crippen molar-refractivity contribution in [2.24, 2.45) is 44.3 Å². The van der Waals surface area contributed by atoms with Gasteiger partial charge in [-0.15, -0.1) is 0 Å². The number of hydrogen-bond donors (Lipinski definition) is 4. The highest BCUT2D eigenvalue weighted by atomic mass is 16.5. The van der Waals surface area contributed by atoms with E-state index in [0.29, 0.717) is 29.7 Å². The van der Waals surface area contributed by atoms with E-state index in [9.17, 15) is 4.79 Å². The Hall–Kier alpha value is -3.92. The summed E-state index contributed by atoms with van der Waals surface area (Å²) in [6.45, 7) is 18.9. The molecule has 1 fully saturated rings. The van der Waals surface area contributed by atoms with Crippen molar-refractivity contribution in [1.82, 2.24) is 15.8 Å². The summed E-state index contributed by atoms with van der Waals surface area (Å²) in [5, 5.41) is 6.48. The first-order valence-electron chi connectivity index (χ1n) is 19.7. The molecule has 0 aromatic heterocycles. The second-order valence-electron chi connectivity index (χ2n) is 17.4. The second-order valence-corrected chi connectivity index (χ2v) is 17.4. The van der Waals surface area contributed by atoms with Crippen LogP contribution in [0.5, 0.6) is 0 Å². The number of benzene rings is 1. The lowest BCUT2D eigenvalue weighted by Crippen LogP contribution is -2.48. The summed E-state index contributed by atoms with van der Waals surface area (Å²) in [6.07, 6.45) is 17.9. The van der Waals surface area contributed by atoms with Gasteiger partial charge in [-0.3, -0.25) is 14.6 Å². The molecule has 10 nitrogen and oxygen atoms in total. The van der Waals surface area contributed by atoms with Crippen LogP contribution in [0.1, 0.15) is 142 Å². The number of aliphatic imine (C=N–C) groups is 1. The summed E-state index contributed by atoms with van der Waals surface area (Å²) >= 11 is 0. The van der Waals surface area contributed by atoms with E-state index in [0.717, 1.165) is 74.7 Å². The van der Waals surface area contributed by atoms with E-state index in [4.69, 9.17) is 21.3 Å². The number of allylic oxidation sites excluding steroid dienone is 4. The van der Waals surface area contributed by atoms with E-state index in [1.54, 1.807) is 7.05 Å². The monoisotopic (exact) mass is 732 g/mol. The Balaban J connectivity index is 2.01. The highest BCUT2D eigenvalue weighted by Crippen LogP contribution is 2.42. The third-order valence-electron chi connectivity index (χ3n) is 10.4. The zero-order chi connectivity index (χ0) is 39.2. The van der Waals surface area contributed by atoms with Gasteiger partial charge in [-0.25, -0.2) is 11.4 Å². The van der Waals surface area contributed by atoms with E-state index in [1.807, 2.05) is 36.4 Å². The molecule has 0 aliphatic heterocycles. The fourth-order valence-electron chi connectivity index (χ4n) is 7.27. The largest absolute Gasteiger partial charge is 0.494 e. The Labute approximate surface area is 320 Å². The highest BCUT2D eigenvalue weighted by molar-refractivity contribution is 6.46. The van der Waals surface area contributed by atoms with Crippen LogP contribution in [0.25, 0.3) is 0 Å². The topological polar surface area (TPSA) is 147 Å². The number of amidine groups is 1. The first-order valence-corrected chi connectivity index (χ1v) is 19.7. The first kappa shape index (κ1) is 43.5. The van der Waals surface area contributed by atoms with Crippen molar-refractivity contribution in [3.8, 4) is 0 Å². The Morgan fingerprint density at radius 2 is 1.68 bits per heavy atom. The smallest absolute Gasteiger partial charge is 0.273 e. The van der Waals surface area contributed by atoms with Crippen molar-refractivity contribution in [2.45, 2.75) is 132 Å². The second kappa shape index (κ2) is 20.5. The van der Waals surface area contributed by atoms with Crippen molar-refractivity contribution in [3.63, 3.8) is 0 Å². The van der Waals surface area contributed by atoms with Gasteiger partial charge in [-0.2, -0.15) is 5.10 Å². The van der Waals surface area contributed by atoms with E-state index in [-0.39, 0.29) is 47.1 Å². The molecule has 294 valence electrons. The Kier molecular flexibility index (Phi) is 16.8. The number of rotatable bonds is 17. The zero-order valence-corrected chi connectivity index (χ0v) is 34.1. The van der Waals surface area contributed by atoms with Gasteiger partial charge in [0.05, 0.1) is 19.2 Å².